The van der Waals surface area contributed by atoms with Gasteiger partial charge in [0.15, 0.2) is 6.10 Å². The summed E-state index contributed by atoms with van der Waals surface area (Å²) in [5, 5.41) is 11.5. The van der Waals surface area contributed by atoms with Crippen molar-refractivity contribution in [2.24, 2.45) is 0 Å². The first-order valence-corrected chi connectivity index (χ1v) is 7.48. The average Bonchev–Trinajstić information content (AvgIpc) is 3.00. The summed E-state index contributed by atoms with van der Waals surface area (Å²) in [6, 6.07) is 9.47. The zero-order valence-electron chi connectivity index (χ0n) is 12.4. The number of carboxylic acid groups (broad SMARTS) is 1. The van der Waals surface area contributed by atoms with E-state index >= 15 is 0 Å². The summed E-state index contributed by atoms with van der Waals surface area (Å²) in [6.45, 7) is 0.740. The van der Waals surface area contributed by atoms with Gasteiger partial charge in [-0.25, -0.2) is 9.59 Å². The Morgan fingerprint density at radius 2 is 2.05 bits per heavy atom. The highest BCUT2D eigenvalue weighted by Crippen LogP contribution is 2.22. The molecule has 1 fully saturated rings. The van der Waals surface area contributed by atoms with Crippen LogP contribution in [0.15, 0.2) is 30.3 Å². The van der Waals surface area contributed by atoms with Gasteiger partial charge in [-0.1, -0.05) is 30.3 Å². The van der Waals surface area contributed by atoms with Crippen LogP contribution in [0, 0.1) is 0 Å². The fourth-order valence-corrected chi connectivity index (χ4v) is 2.39. The number of alkyl carbamates (subject to hydrolysis) is 1. The van der Waals surface area contributed by atoms with Crippen LogP contribution in [0.2, 0.25) is 0 Å². The molecule has 2 rings (SSSR count). The molecule has 0 aliphatic carbocycles. The Hall–Kier alpha value is -2.08. The van der Waals surface area contributed by atoms with Gasteiger partial charge in [0.2, 0.25) is 0 Å². The predicted octanol–water partition coefficient (Wildman–Crippen LogP) is 2.33. The highest BCUT2D eigenvalue weighted by molar-refractivity contribution is 5.72. The highest BCUT2D eigenvalue weighted by Gasteiger charge is 2.29. The van der Waals surface area contributed by atoms with Crippen LogP contribution in [0.5, 0.6) is 0 Å². The molecule has 1 saturated heterocycles. The number of carboxylic acids is 1. The van der Waals surface area contributed by atoms with E-state index < -0.39 is 18.2 Å². The van der Waals surface area contributed by atoms with Crippen molar-refractivity contribution in [2.75, 3.05) is 6.54 Å². The topological polar surface area (TPSA) is 84.9 Å². The largest absolute Gasteiger partial charge is 0.479 e. The molecule has 1 aliphatic rings. The lowest BCUT2D eigenvalue weighted by molar-refractivity contribution is -0.149. The Bertz CT molecular complexity index is 491. The van der Waals surface area contributed by atoms with Crippen LogP contribution in [-0.4, -0.2) is 35.9 Å². The first kappa shape index (κ1) is 16.3. The zero-order chi connectivity index (χ0) is 15.8. The third-order valence-electron chi connectivity index (χ3n) is 3.57. The summed E-state index contributed by atoms with van der Waals surface area (Å²) in [4.78, 5) is 22.3. The van der Waals surface area contributed by atoms with Crippen molar-refractivity contribution >= 4 is 12.1 Å². The van der Waals surface area contributed by atoms with Crippen molar-refractivity contribution in [1.82, 2.24) is 5.32 Å². The molecule has 0 radical (unpaired) electrons. The van der Waals surface area contributed by atoms with Gasteiger partial charge in [0.1, 0.15) is 6.61 Å². The van der Waals surface area contributed by atoms with Gasteiger partial charge >= 0.3 is 12.1 Å². The fraction of sp³-hybridized carbons (Fsp3) is 0.500. The van der Waals surface area contributed by atoms with E-state index in [1.807, 2.05) is 30.3 Å². The van der Waals surface area contributed by atoms with Crippen LogP contribution >= 0.6 is 0 Å². The summed E-state index contributed by atoms with van der Waals surface area (Å²) < 4.78 is 10.5. The monoisotopic (exact) mass is 307 g/mol. The van der Waals surface area contributed by atoms with Gasteiger partial charge in [-0.2, -0.15) is 0 Å². The van der Waals surface area contributed by atoms with E-state index in [0.29, 0.717) is 13.0 Å². The molecule has 2 atom stereocenters. The molecule has 0 spiro atoms. The standard InChI is InChI=1S/C16H21NO5/c18-15(19)14-9-8-13(22-14)7-4-10-17-16(20)21-11-12-5-2-1-3-6-12/h1-3,5-6,13-14H,4,7-11H2,(H,17,20)(H,18,19). The minimum absolute atomic E-state index is 0.0248. The van der Waals surface area contributed by atoms with E-state index in [-0.39, 0.29) is 12.7 Å². The van der Waals surface area contributed by atoms with E-state index in [4.69, 9.17) is 14.6 Å². The second-order valence-corrected chi connectivity index (χ2v) is 5.29. The maximum absolute atomic E-state index is 11.5. The van der Waals surface area contributed by atoms with Crippen LogP contribution in [0.4, 0.5) is 4.79 Å². The van der Waals surface area contributed by atoms with Crippen molar-refractivity contribution in [1.29, 1.82) is 0 Å². The molecular formula is C16H21NO5. The molecule has 2 N–H and O–H groups in total. The van der Waals surface area contributed by atoms with Gasteiger partial charge in [-0.05, 0) is 31.2 Å². The van der Waals surface area contributed by atoms with Crippen LogP contribution in [0.25, 0.3) is 0 Å². The number of amides is 1. The maximum Gasteiger partial charge on any atom is 0.407 e. The van der Waals surface area contributed by atoms with E-state index in [9.17, 15) is 9.59 Å². The smallest absolute Gasteiger partial charge is 0.407 e. The number of aliphatic carboxylic acids is 1. The third-order valence-corrected chi connectivity index (χ3v) is 3.57. The van der Waals surface area contributed by atoms with E-state index in [1.165, 1.54) is 0 Å². The maximum atomic E-state index is 11.5. The molecule has 6 nitrogen and oxygen atoms in total. The lowest BCUT2D eigenvalue weighted by atomic mass is 10.1. The Balaban J connectivity index is 1.53. The summed E-state index contributed by atoms with van der Waals surface area (Å²) in [6.07, 6.45) is 1.65. The van der Waals surface area contributed by atoms with Crippen molar-refractivity contribution < 1.29 is 24.2 Å². The molecule has 0 bridgehead atoms. The lowest BCUT2D eigenvalue weighted by Gasteiger charge is -2.11. The summed E-state index contributed by atoms with van der Waals surface area (Å²) in [7, 11) is 0. The van der Waals surface area contributed by atoms with E-state index in [1.54, 1.807) is 0 Å². The normalized spacial score (nSPS) is 20.5. The van der Waals surface area contributed by atoms with Crippen molar-refractivity contribution in [3.05, 3.63) is 35.9 Å². The molecule has 1 aromatic carbocycles. The van der Waals surface area contributed by atoms with E-state index in [2.05, 4.69) is 5.32 Å². The quantitative estimate of drug-likeness (QED) is 0.755. The molecule has 0 aromatic heterocycles. The zero-order valence-corrected chi connectivity index (χ0v) is 12.4. The van der Waals surface area contributed by atoms with Gasteiger partial charge in [0, 0.05) is 6.54 Å². The second-order valence-electron chi connectivity index (χ2n) is 5.29. The average molecular weight is 307 g/mol. The number of ether oxygens (including phenoxy) is 2. The number of rotatable bonds is 7. The molecule has 6 heteroatoms. The summed E-state index contributed by atoms with van der Waals surface area (Å²) in [5.74, 6) is -0.898. The SMILES string of the molecule is O=C(NCCCC1CCC(C(=O)O)O1)OCc1ccccc1. The number of hydrogen-bond acceptors (Lipinski definition) is 4. The molecule has 1 aromatic rings. The van der Waals surface area contributed by atoms with Crippen LogP contribution in [-0.2, 0) is 20.9 Å². The molecule has 1 aliphatic heterocycles. The third kappa shape index (κ3) is 5.37. The molecule has 2 unspecified atom stereocenters. The fourth-order valence-electron chi connectivity index (χ4n) is 2.39. The van der Waals surface area contributed by atoms with Crippen molar-refractivity contribution in [3.8, 4) is 0 Å². The van der Waals surface area contributed by atoms with Gasteiger partial charge in [-0.3, -0.25) is 0 Å². The molecule has 0 saturated carbocycles. The Morgan fingerprint density at radius 3 is 2.73 bits per heavy atom. The minimum atomic E-state index is -0.898. The molecule has 1 amide bonds. The number of carbonyl (C=O) groups excluding carboxylic acids is 1. The molecule has 1 heterocycles. The summed E-state index contributed by atoms with van der Waals surface area (Å²) >= 11 is 0. The van der Waals surface area contributed by atoms with Gasteiger partial charge in [0.25, 0.3) is 0 Å². The first-order valence-electron chi connectivity index (χ1n) is 7.48. The second kappa shape index (κ2) is 8.38. The number of carbonyl (C=O) groups is 2. The number of benzene rings is 1. The van der Waals surface area contributed by atoms with Crippen LogP contribution in [0.3, 0.4) is 0 Å². The van der Waals surface area contributed by atoms with Gasteiger partial charge in [0.05, 0.1) is 6.10 Å². The molecule has 22 heavy (non-hydrogen) atoms. The first-order chi connectivity index (χ1) is 10.6. The van der Waals surface area contributed by atoms with Crippen LogP contribution in [0.1, 0.15) is 31.2 Å². The Morgan fingerprint density at radius 1 is 1.27 bits per heavy atom. The molecular weight excluding hydrogens is 286 g/mol. The van der Waals surface area contributed by atoms with Gasteiger partial charge < -0.3 is 19.9 Å². The van der Waals surface area contributed by atoms with Crippen molar-refractivity contribution in [3.63, 3.8) is 0 Å². The Labute approximate surface area is 129 Å². The predicted molar refractivity (Wildman–Crippen MR) is 79.4 cm³/mol. The highest BCUT2D eigenvalue weighted by atomic mass is 16.5. The van der Waals surface area contributed by atoms with Gasteiger partial charge in [-0.15, -0.1) is 0 Å². The van der Waals surface area contributed by atoms with E-state index in [0.717, 1.165) is 24.8 Å². The Kier molecular flexibility index (Phi) is 6.21. The number of nitrogens with one attached hydrogen (secondary N) is 1. The lowest BCUT2D eigenvalue weighted by Crippen LogP contribution is -2.26. The summed E-state index contributed by atoms with van der Waals surface area (Å²) in [5.41, 5.74) is 0.941. The van der Waals surface area contributed by atoms with Crippen molar-refractivity contribution in [2.45, 2.75) is 44.5 Å². The number of hydrogen-bond donors (Lipinski definition) is 2. The van der Waals surface area contributed by atoms with Crippen LogP contribution < -0.4 is 5.32 Å². The molecule has 120 valence electrons. The minimum Gasteiger partial charge on any atom is -0.479 e.